The van der Waals surface area contributed by atoms with Crippen LogP contribution in [0.3, 0.4) is 0 Å². The second-order valence-corrected chi connectivity index (χ2v) is 9.09. The van der Waals surface area contributed by atoms with E-state index in [1.165, 1.54) is 115 Å². The number of benzene rings is 1. The quantitative estimate of drug-likeness (QED) is 0.224. The molecule has 0 spiro atoms. The minimum Gasteiger partial charge on any atom is -0.481 e. The van der Waals surface area contributed by atoms with Crippen molar-refractivity contribution in [3.8, 4) is 0 Å². The average molecular weight is 434 g/mol. The van der Waals surface area contributed by atoms with Gasteiger partial charge in [0.2, 0.25) is 0 Å². The second-order valence-electron chi connectivity index (χ2n) is 9.09. The lowest BCUT2D eigenvalue weighted by Crippen LogP contribution is -2.12. The van der Waals surface area contributed by atoms with Gasteiger partial charge in [-0.25, -0.2) is 0 Å². The van der Waals surface area contributed by atoms with Gasteiger partial charge in [-0.3, -0.25) is 4.79 Å². The summed E-state index contributed by atoms with van der Waals surface area (Å²) < 4.78 is 0. The maximum atomic E-state index is 9.37. The van der Waals surface area contributed by atoms with Crippen LogP contribution in [-0.4, -0.2) is 36.6 Å². The second kappa shape index (κ2) is 23.3. The van der Waals surface area contributed by atoms with Crippen molar-refractivity contribution in [3.05, 3.63) is 35.9 Å². The highest BCUT2D eigenvalue weighted by atomic mass is 16.4. The van der Waals surface area contributed by atoms with Gasteiger partial charge in [0.25, 0.3) is 0 Å². The van der Waals surface area contributed by atoms with Gasteiger partial charge in [0.1, 0.15) is 0 Å². The predicted molar refractivity (Wildman–Crippen MR) is 136 cm³/mol. The zero-order valence-electron chi connectivity index (χ0n) is 20.9. The Balaban J connectivity index is 0.00000161. The first kappa shape index (κ1) is 29.7. The van der Waals surface area contributed by atoms with Crippen LogP contribution in [0.2, 0.25) is 0 Å². The molecule has 1 aromatic rings. The summed E-state index contributed by atoms with van der Waals surface area (Å²) in [5, 5.41) is 7.72. The molecule has 0 saturated heterocycles. The molecule has 0 radical (unpaired) electrons. The van der Waals surface area contributed by atoms with Crippen molar-refractivity contribution in [1.82, 2.24) is 4.90 Å². The molecule has 0 aliphatic rings. The molecule has 0 unspecified atom stereocenters. The number of carboxylic acid groups (broad SMARTS) is 1. The Kier molecular flexibility index (Phi) is 22.3. The Morgan fingerprint density at radius 3 is 1.39 bits per heavy atom. The average Bonchev–Trinajstić information content (AvgIpc) is 2.76. The molecule has 0 atom stereocenters. The lowest BCUT2D eigenvalue weighted by Gasteiger charge is -2.08. The minimum absolute atomic E-state index is 0.222. The topological polar surface area (TPSA) is 40.5 Å². The van der Waals surface area contributed by atoms with E-state index in [0.717, 1.165) is 0 Å². The number of unbranched alkanes of at least 4 members (excludes halogenated alkanes) is 14. The SMILES string of the molecule is CCC(=O)O.CN(C)CCCCCCCCCCCCCCCCCc1ccccc1. The van der Waals surface area contributed by atoms with Gasteiger partial charge in [0.05, 0.1) is 0 Å². The summed E-state index contributed by atoms with van der Waals surface area (Å²) in [7, 11) is 4.35. The Morgan fingerprint density at radius 1 is 0.677 bits per heavy atom. The summed E-state index contributed by atoms with van der Waals surface area (Å²) in [4.78, 5) is 11.7. The fourth-order valence-corrected chi connectivity index (χ4v) is 3.70. The fraction of sp³-hybridized carbons (Fsp3) is 0.750. The highest BCUT2D eigenvalue weighted by molar-refractivity contribution is 5.66. The van der Waals surface area contributed by atoms with Crippen LogP contribution >= 0.6 is 0 Å². The highest BCUT2D eigenvalue weighted by Crippen LogP contribution is 2.14. The summed E-state index contributed by atoms with van der Waals surface area (Å²) in [5.41, 5.74) is 1.50. The molecule has 1 N–H and O–H groups in total. The van der Waals surface area contributed by atoms with Crippen molar-refractivity contribution in [2.75, 3.05) is 20.6 Å². The van der Waals surface area contributed by atoms with Gasteiger partial charge < -0.3 is 10.0 Å². The Bertz CT molecular complexity index is 487. The monoisotopic (exact) mass is 433 g/mol. The standard InChI is InChI=1S/C25H45N.C3H6O2/c1-26(2)24-20-15-13-11-9-7-5-3-4-6-8-10-12-14-17-21-25-22-18-16-19-23-25;1-2-3(4)5/h16,18-19,22-23H,3-15,17,20-21,24H2,1-2H3;2H2,1H3,(H,4,5). The Morgan fingerprint density at radius 2 is 1.03 bits per heavy atom. The number of rotatable bonds is 19. The number of carboxylic acids is 1. The first-order valence-electron chi connectivity index (χ1n) is 13.0. The van der Waals surface area contributed by atoms with Gasteiger partial charge in [-0.15, -0.1) is 0 Å². The van der Waals surface area contributed by atoms with Crippen LogP contribution in [0.1, 0.15) is 115 Å². The zero-order chi connectivity index (χ0) is 23.0. The molecule has 0 saturated carbocycles. The fourth-order valence-electron chi connectivity index (χ4n) is 3.70. The third kappa shape index (κ3) is 24.8. The number of hydrogen-bond donors (Lipinski definition) is 1. The van der Waals surface area contributed by atoms with Crippen molar-refractivity contribution in [2.45, 2.75) is 116 Å². The third-order valence-corrected chi connectivity index (χ3v) is 5.72. The predicted octanol–water partition coefficient (Wildman–Crippen LogP) is 8.12. The van der Waals surface area contributed by atoms with Gasteiger partial charge in [-0.05, 0) is 45.5 Å². The summed E-state index contributed by atoms with van der Waals surface area (Å²) in [6, 6.07) is 10.9. The number of nitrogens with zero attached hydrogens (tertiary/aromatic N) is 1. The smallest absolute Gasteiger partial charge is 0.303 e. The van der Waals surface area contributed by atoms with Gasteiger partial charge in [-0.2, -0.15) is 0 Å². The molecule has 180 valence electrons. The normalized spacial score (nSPS) is 10.7. The van der Waals surface area contributed by atoms with Crippen LogP contribution in [0.25, 0.3) is 0 Å². The van der Waals surface area contributed by atoms with Crippen molar-refractivity contribution in [3.63, 3.8) is 0 Å². The maximum absolute atomic E-state index is 9.37. The maximum Gasteiger partial charge on any atom is 0.303 e. The number of hydrogen-bond acceptors (Lipinski definition) is 2. The zero-order valence-corrected chi connectivity index (χ0v) is 20.9. The molecular weight excluding hydrogens is 382 g/mol. The Labute approximate surface area is 193 Å². The molecule has 0 aliphatic heterocycles. The number of aryl methyl sites for hydroxylation is 1. The lowest BCUT2D eigenvalue weighted by atomic mass is 10.0. The summed E-state index contributed by atoms with van der Waals surface area (Å²) in [6.45, 7) is 2.86. The molecule has 0 aliphatic carbocycles. The van der Waals surface area contributed by atoms with Crippen LogP contribution < -0.4 is 0 Å². The van der Waals surface area contributed by atoms with Gasteiger partial charge in [0, 0.05) is 6.42 Å². The van der Waals surface area contributed by atoms with Crippen LogP contribution in [0.15, 0.2) is 30.3 Å². The van der Waals surface area contributed by atoms with Crippen molar-refractivity contribution in [2.24, 2.45) is 0 Å². The molecule has 0 aromatic heterocycles. The summed E-state index contributed by atoms with van der Waals surface area (Å²) >= 11 is 0. The first-order chi connectivity index (χ1) is 15.1. The van der Waals surface area contributed by atoms with E-state index in [1.54, 1.807) is 6.92 Å². The first-order valence-corrected chi connectivity index (χ1v) is 13.0. The van der Waals surface area contributed by atoms with E-state index in [9.17, 15) is 4.79 Å². The Hall–Kier alpha value is -1.35. The molecule has 0 amide bonds. The molecule has 0 heterocycles. The molecule has 0 bridgehead atoms. The van der Waals surface area contributed by atoms with Crippen LogP contribution in [-0.2, 0) is 11.2 Å². The van der Waals surface area contributed by atoms with E-state index in [4.69, 9.17) is 5.11 Å². The van der Waals surface area contributed by atoms with Crippen molar-refractivity contribution < 1.29 is 9.90 Å². The molecule has 1 rings (SSSR count). The van der Waals surface area contributed by atoms with Gasteiger partial charge in [-0.1, -0.05) is 121 Å². The van der Waals surface area contributed by atoms with E-state index in [-0.39, 0.29) is 6.42 Å². The molecule has 3 heteroatoms. The van der Waals surface area contributed by atoms with Crippen molar-refractivity contribution >= 4 is 5.97 Å². The summed E-state index contributed by atoms with van der Waals surface area (Å²) in [6.07, 6.45) is 23.1. The molecule has 31 heavy (non-hydrogen) atoms. The van der Waals surface area contributed by atoms with Crippen LogP contribution in [0.5, 0.6) is 0 Å². The van der Waals surface area contributed by atoms with E-state index in [0.29, 0.717) is 0 Å². The molecule has 1 aromatic carbocycles. The van der Waals surface area contributed by atoms with Crippen LogP contribution in [0.4, 0.5) is 0 Å². The largest absolute Gasteiger partial charge is 0.481 e. The summed E-state index contributed by atoms with van der Waals surface area (Å²) in [5.74, 6) is -0.745. The number of carbonyl (C=O) groups is 1. The lowest BCUT2D eigenvalue weighted by molar-refractivity contribution is -0.136. The highest BCUT2D eigenvalue weighted by Gasteiger charge is 1.96. The van der Waals surface area contributed by atoms with E-state index >= 15 is 0 Å². The van der Waals surface area contributed by atoms with Crippen molar-refractivity contribution in [1.29, 1.82) is 0 Å². The third-order valence-electron chi connectivity index (χ3n) is 5.72. The van der Waals surface area contributed by atoms with E-state index < -0.39 is 5.97 Å². The van der Waals surface area contributed by atoms with Crippen LogP contribution in [0, 0.1) is 0 Å². The van der Waals surface area contributed by atoms with E-state index in [2.05, 4.69) is 49.3 Å². The number of aliphatic carboxylic acids is 1. The molecular formula is C28H51NO2. The van der Waals surface area contributed by atoms with E-state index in [1.807, 2.05) is 0 Å². The molecule has 0 fully saturated rings. The van der Waals surface area contributed by atoms with Gasteiger partial charge in [0.15, 0.2) is 0 Å². The van der Waals surface area contributed by atoms with Gasteiger partial charge >= 0.3 is 5.97 Å². The molecule has 3 nitrogen and oxygen atoms in total. The minimum atomic E-state index is -0.745.